The number of nitrogens with two attached hydrogens (primary N) is 1. The number of aryl methyl sites for hydroxylation is 1. The zero-order valence-electron chi connectivity index (χ0n) is 23.7. The van der Waals surface area contributed by atoms with Gasteiger partial charge in [0.05, 0.1) is 47.6 Å². The van der Waals surface area contributed by atoms with Crippen LogP contribution in [0.2, 0.25) is 0 Å². The lowest BCUT2D eigenvalue weighted by Crippen LogP contribution is -2.57. The second-order valence-electron chi connectivity index (χ2n) is 10.9. The number of methoxy groups -OCH3 is 1. The maximum absolute atomic E-state index is 11.9. The van der Waals surface area contributed by atoms with E-state index in [1.54, 1.807) is 25.7 Å². The van der Waals surface area contributed by atoms with Crippen LogP contribution in [0.15, 0.2) is 42.9 Å². The molecule has 0 spiro atoms. The van der Waals surface area contributed by atoms with E-state index in [4.69, 9.17) is 25.5 Å². The highest BCUT2D eigenvalue weighted by atomic mass is 32.2. The molecule has 1 fully saturated rings. The summed E-state index contributed by atoms with van der Waals surface area (Å²) in [6.07, 6.45) is 6.51. The SMILES string of the molecule is COc1ccncc1-c1cc2c(cnn2-c2cc(N3C[C@H](CS(C)(=O)=O)[C@H]3C)cc(C(N)CN(C)C)n2)c(C)n1. The molecule has 1 aliphatic heterocycles. The molecule has 4 aromatic rings. The standard InChI is InChI=1S/C28H36N8O3S/c1-17-21-13-31-36(26(21)11-24(32-17)22-12-30-8-7-27(22)39-5)28-10-20(9-25(33-28)23(29)15-34(3)4)35-14-19(18(35)2)16-40(6,37)38/h7-13,18-19,23H,14-16,29H2,1-6H3/t18-,19-,23?/m1/s1. The molecule has 0 bridgehead atoms. The fourth-order valence-electron chi connectivity index (χ4n) is 5.33. The first kappa shape index (κ1) is 27.9. The summed E-state index contributed by atoms with van der Waals surface area (Å²) in [5.74, 6) is 1.55. The van der Waals surface area contributed by atoms with Crippen molar-refractivity contribution in [2.24, 2.45) is 11.7 Å². The number of aromatic nitrogens is 5. The fraction of sp³-hybridized carbons (Fsp3) is 0.429. The molecule has 0 amide bonds. The number of nitrogens with zero attached hydrogens (tertiary/aromatic N) is 7. The Morgan fingerprint density at radius 1 is 1.20 bits per heavy atom. The van der Waals surface area contributed by atoms with Gasteiger partial charge in [0, 0.05) is 66.5 Å². The zero-order chi connectivity index (χ0) is 28.8. The second-order valence-corrected chi connectivity index (χ2v) is 13.1. The molecule has 0 radical (unpaired) electrons. The highest BCUT2D eigenvalue weighted by molar-refractivity contribution is 7.90. The van der Waals surface area contributed by atoms with Crippen LogP contribution in [-0.4, -0.2) is 90.4 Å². The molecule has 212 valence electrons. The van der Waals surface area contributed by atoms with E-state index in [0.717, 1.165) is 39.2 Å². The largest absolute Gasteiger partial charge is 0.496 e. The Bertz CT molecular complexity index is 1650. The van der Waals surface area contributed by atoms with Crippen molar-refractivity contribution < 1.29 is 13.2 Å². The Kier molecular flexibility index (Phi) is 7.51. The van der Waals surface area contributed by atoms with Crippen molar-refractivity contribution >= 4 is 26.4 Å². The highest BCUT2D eigenvalue weighted by Gasteiger charge is 2.38. The van der Waals surface area contributed by atoms with Crippen LogP contribution >= 0.6 is 0 Å². The lowest BCUT2D eigenvalue weighted by molar-refractivity contribution is 0.340. The number of hydrogen-bond donors (Lipinski definition) is 1. The first-order valence-electron chi connectivity index (χ1n) is 13.2. The molecule has 3 atom stereocenters. The Balaban J connectivity index is 1.61. The lowest BCUT2D eigenvalue weighted by Gasteiger charge is -2.48. The smallest absolute Gasteiger partial charge is 0.156 e. The number of fused-ring (bicyclic) bond motifs is 1. The quantitative estimate of drug-likeness (QED) is 0.323. The minimum atomic E-state index is -3.06. The molecule has 12 heteroatoms. The summed E-state index contributed by atoms with van der Waals surface area (Å²) < 4.78 is 31.2. The van der Waals surface area contributed by atoms with Gasteiger partial charge in [-0.2, -0.15) is 5.10 Å². The Morgan fingerprint density at radius 2 is 1.98 bits per heavy atom. The molecule has 1 aliphatic rings. The third-order valence-electron chi connectivity index (χ3n) is 7.46. The number of hydrogen-bond acceptors (Lipinski definition) is 10. The van der Waals surface area contributed by atoms with Crippen LogP contribution in [0.3, 0.4) is 0 Å². The number of sulfone groups is 1. The molecular weight excluding hydrogens is 528 g/mol. The van der Waals surface area contributed by atoms with Gasteiger partial charge in [0.2, 0.25) is 0 Å². The molecule has 1 saturated heterocycles. The fourth-order valence-corrected chi connectivity index (χ4v) is 6.50. The second kappa shape index (κ2) is 10.8. The van der Waals surface area contributed by atoms with E-state index in [2.05, 4.69) is 16.8 Å². The van der Waals surface area contributed by atoms with Crippen LogP contribution in [0.4, 0.5) is 5.69 Å². The van der Waals surface area contributed by atoms with E-state index in [0.29, 0.717) is 24.7 Å². The van der Waals surface area contributed by atoms with Crippen molar-refractivity contribution in [2.75, 3.05) is 51.2 Å². The summed E-state index contributed by atoms with van der Waals surface area (Å²) >= 11 is 0. The molecule has 0 aliphatic carbocycles. The van der Waals surface area contributed by atoms with Crippen molar-refractivity contribution in [3.05, 3.63) is 54.2 Å². The van der Waals surface area contributed by atoms with Crippen LogP contribution < -0.4 is 15.4 Å². The van der Waals surface area contributed by atoms with Crippen LogP contribution in [-0.2, 0) is 9.84 Å². The van der Waals surface area contributed by atoms with Crippen molar-refractivity contribution in [3.8, 4) is 22.8 Å². The van der Waals surface area contributed by atoms with Gasteiger partial charge in [-0.25, -0.2) is 18.1 Å². The third-order valence-corrected chi connectivity index (χ3v) is 8.50. The van der Waals surface area contributed by atoms with E-state index in [9.17, 15) is 8.42 Å². The third kappa shape index (κ3) is 5.51. The summed E-state index contributed by atoms with van der Waals surface area (Å²) in [4.78, 5) is 18.3. The van der Waals surface area contributed by atoms with E-state index < -0.39 is 9.84 Å². The molecule has 40 heavy (non-hydrogen) atoms. The van der Waals surface area contributed by atoms with Gasteiger partial charge in [-0.15, -0.1) is 0 Å². The average Bonchev–Trinajstić information content (AvgIpc) is 3.34. The molecule has 1 unspecified atom stereocenters. The van der Waals surface area contributed by atoms with Gasteiger partial charge in [0.1, 0.15) is 15.6 Å². The highest BCUT2D eigenvalue weighted by Crippen LogP contribution is 2.35. The topological polar surface area (TPSA) is 132 Å². The van der Waals surface area contributed by atoms with E-state index in [1.165, 1.54) is 6.26 Å². The average molecular weight is 565 g/mol. The molecule has 2 N–H and O–H groups in total. The molecule has 11 nitrogen and oxygen atoms in total. The van der Waals surface area contributed by atoms with E-state index >= 15 is 0 Å². The molecule has 5 rings (SSSR count). The Labute approximate surface area is 234 Å². The van der Waals surface area contributed by atoms with Gasteiger partial charge >= 0.3 is 0 Å². The predicted molar refractivity (Wildman–Crippen MR) is 157 cm³/mol. The minimum absolute atomic E-state index is 0.0633. The van der Waals surface area contributed by atoms with Crippen molar-refractivity contribution in [1.82, 2.24) is 29.6 Å². The van der Waals surface area contributed by atoms with Crippen LogP contribution in [0.1, 0.15) is 24.4 Å². The van der Waals surface area contributed by atoms with Gasteiger partial charge in [-0.05, 0) is 46.1 Å². The van der Waals surface area contributed by atoms with Gasteiger partial charge in [0.25, 0.3) is 0 Å². The molecule has 0 saturated carbocycles. The van der Waals surface area contributed by atoms with E-state index in [1.807, 2.05) is 54.9 Å². The molecular formula is C28H36N8O3S. The molecule has 4 aromatic heterocycles. The molecule has 5 heterocycles. The van der Waals surface area contributed by atoms with Crippen LogP contribution in [0.5, 0.6) is 5.75 Å². The summed E-state index contributed by atoms with van der Waals surface area (Å²) in [6.45, 7) is 5.28. The maximum Gasteiger partial charge on any atom is 0.156 e. The Hall–Kier alpha value is -3.61. The Morgan fingerprint density at radius 3 is 2.65 bits per heavy atom. The van der Waals surface area contributed by atoms with Crippen molar-refractivity contribution in [2.45, 2.75) is 25.9 Å². The lowest BCUT2D eigenvalue weighted by atomic mass is 9.91. The normalized spacial score (nSPS) is 18.2. The van der Waals surface area contributed by atoms with Crippen LogP contribution in [0, 0.1) is 12.8 Å². The predicted octanol–water partition coefficient (Wildman–Crippen LogP) is 2.63. The monoisotopic (exact) mass is 564 g/mol. The van der Waals surface area contributed by atoms with Gasteiger partial charge in [-0.1, -0.05) is 0 Å². The summed E-state index contributed by atoms with van der Waals surface area (Å²) in [5.41, 5.74) is 11.4. The number of likely N-dealkylation sites (N-methyl/N-ethyl adjacent to an activating group) is 1. The number of rotatable bonds is 9. The number of ether oxygens (including phenoxy) is 1. The molecule has 0 aromatic carbocycles. The van der Waals surface area contributed by atoms with Gasteiger partial charge < -0.3 is 20.3 Å². The first-order chi connectivity index (χ1) is 18.9. The maximum atomic E-state index is 11.9. The van der Waals surface area contributed by atoms with Crippen LogP contribution in [0.25, 0.3) is 28.0 Å². The minimum Gasteiger partial charge on any atom is -0.496 e. The van der Waals surface area contributed by atoms with Crippen molar-refractivity contribution in [1.29, 1.82) is 0 Å². The summed E-state index contributed by atoms with van der Waals surface area (Å²) in [6, 6.07) is 7.52. The zero-order valence-corrected chi connectivity index (χ0v) is 24.6. The van der Waals surface area contributed by atoms with E-state index in [-0.39, 0.29) is 23.8 Å². The first-order valence-corrected chi connectivity index (χ1v) is 15.2. The van der Waals surface area contributed by atoms with Gasteiger partial charge in [0.15, 0.2) is 5.82 Å². The van der Waals surface area contributed by atoms with Crippen molar-refractivity contribution in [3.63, 3.8) is 0 Å². The summed E-state index contributed by atoms with van der Waals surface area (Å²) in [7, 11) is 2.51. The summed E-state index contributed by atoms with van der Waals surface area (Å²) in [5, 5.41) is 5.62. The number of pyridine rings is 3. The number of anilines is 1. The van der Waals surface area contributed by atoms with Gasteiger partial charge in [-0.3, -0.25) is 9.97 Å².